The zero-order valence-corrected chi connectivity index (χ0v) is 9.58. The topological polar surface area (TPSA) is 61.0 Å². The molecule has 0 saturated heterocycles. The third-order valence-electron chi connectivity index (χ3n) is 2.22. The number of nitrogens with zero attached hydrogens (tertiary/aromatic N) is 2. The van der Waals surface area contributed by atoms with E-state index in [2.05, 4.69) is 16.9 Å². The molecule has 1 rings (SSSR count). The zero-order valence-electron chi connectivity index (χ0n) is 9.58. The number of nitrogen functional groups attached to an aromatic ring is 1. The first-order chi connectivity index (χ1) is 7.74. The van der Waals surface area contributed by atoms with Crippen molar-refractivity contribution in [3.63, 3.8) is 0 Å². The van der Waals surface area contributed by atoms with Crippen molar-refractivity contribution < 1.29 is 9.13 Å². The molecule has 0 atom stereocenters. The summed E-state index contributed by atoms with van der Waals surface area (Å²) >= 11 is 0. The summed E-state index contributed by atoms with van der Waals surface area (Å²) in [6.45, 7) is 2.63. The number of aromatic nitrogens is 2. The van der Waals surface area contributed by atoms with Gasteiger partial charge in [0.25, 0.3) is 5.88 Å². The Morgan fingerprint density at radius 1 is 1.31 bits per heavy atom. The van der Waals surface area contributed by atoms with Gasteiger partial charge in [0.05, 0.1) is 12.8 Å². The number of hydrogen-bond acceptors (Lipinski definition) is 4. The molecule has 0 spiro atoms. The first-order valence-electron chi connectivity index (χ1n) is 5.65. The third-order valence-corrected chi connectivity index (χ3v) is 2.22. The van der Waals surface area contributed by atoms with Crippen molar-refractivity contribution in [2.45, 2.75) is 39.0 Å². The summed E-state index contributed by atoms with van der Waals surface area (Å²) in [5, 5.41) is 0. The molecule has 1 aromatic heterocycles. The maximum atomic E-state index is 13.1. The predicted octanol–water partition coefficient (Wildman–Crippen LogP) is 2.55. The van der Waals surface area contributed by atoms with Crippen molar-refractivity contribution in [2.24, 2.45) is 0 Å². The second-order valence-corrected chi connectivity index (χ2v) is 3.64. The lowest BCUT2D eigenvalue weighted by Gasteiger charge is -2.05. The Morgan fingerprint density at radius 2 is 2.06 bits per heavy atom. The van der Waals surface area contributed by atoms with Crippen molar-refractivity contribution in [1.82, 2.24) is 9.97 Å². The van der Waals surface area contributed by atoms with Crippen molar-refractivity contribution >= 4 is 5.95 Å². The number of anilines is 1. The molecule has 5 heteroatoms. The van der Waals surface area contributed by atoms with Crippen LogP contribution in [0.3, 0.4) is 0 Å². The van der Waals surface area contributed by atoms with Crippen LogP contribution in [-0.4, -0.2) is 16.6 Å². The maximum absolute atomic E-state index is 13.1. The SMILES string of the molecule is CCCCCCCOc1nc(N)ncc1F. The molecule has 16 heavy (non-hydrogen) atoms. The Morgan fingerprint density at radius 3 is 2.81 bits per heavy atom. The minimum Gasteiger partial charge on any atom is -0.475 e. The van der Waals surface area contributed by atoms with Crippen LogP contribution in [0.4, 0.5) is 10.3 Å². The molecule has 0 aliphatic heterocycles. The van der Waals surface area contributed by atoms with Gasteiger partial charge in [-0.05, 0) is 6.42 Å². The van der Waals surface area contributed by atoms with Gasteiger partial charge in [0.1, 0.15) is 0 Å². The summed E-state index contributed by atoms with van der Waals surface area (Å²) in [7, 11) is 0. The second kappa shape index (κ2) is 6.98. The highest BCUT2D eigenvalue weighted by atomic mass is 19.1. The van der Waals surface area contributed by atoms with Crippen LogP contribution in [0.15, 0.2) is 6.20 Å². The molecule has 0 aliphatic rings. The molecule has 0 aliphatic carbocycles. The van der Waals surface area contributed by atoms with E-state index >= 15 is 0 Å². The number of unbranched alkanes of at least 4 members (excludes halogenated alkanes) is 4. The van der Waals surface area contributed by atoms with Gasteiger partial charge in [-0.2, -0.15) is 9.37 Å². The first kappa shape index (κ1) is 12.7. The molecule has 0 saturated carbocycles. The van der Waals surface area contributed by atoms with Gasteiger partial charge in [0.15, 0.2) is 0 Å². The Labute approximate surface area is 95.0 Å². The lowest BCUT2D eigenvalue weighted by Crippen LogP contribution is -2.04. The minimum atomic E-state index is -0.567. The maximum Gasteiger partial charge on any atom is 0.255 e. The molecular formula is C11H18FN3O. The van der Waals surface area contributed by atoms with E-state index in [1.165, 1.54) is 19.3 Å². The van der Waals surface area contributed by atoms with Crippen LogP contribution in [0.5, 0.6) is 5.88 Å². The van der Waals surface area contributed by atoms with Gasteiger partial charge in [-0.3, -0.25) is 0 Å². The van der Waals surface area contributed by atoms with E-state index in [0.717, 1.165) is 19.0 Å². The molecule has 4 nitrogen and oxygen atoms in total. The third kappa shape index (κ3) is 4.42. The molecule has 0 aromatic carbocycles. The molecule has 1 heterocycles. The second-order valence-electron chi connectivity index (χ2n) is 3.64. The van der Waals surface area contributed by atoms with E-state index in [0.29, 0.717) is 6.61 Å². The molecular weight excluding hydrogens is 209 g/mol. The highest BCUT2D eigenvalue weighted by Crippen LogP contribution is 2.13. The molecule has 2 N–H and O–H groups in total. The zero-order chi connectivity index (χ0) is 11.8. The standard InChI is InChI=1S/C11H18FN3O/c1-2-3-4-5-6-7-16-10-9(12)8-14-11(13)15-10/h8H,2-7H2,1H3,(H2,13,14,15). The van der Waals surface area contributed by atoms with Crippen molar-refractivity contribution in [3.05, 3.63) is 12.0 Å². The van der Waals surface area contributed by atoms with E-state index in [1.54, 1.807) is 0 Å². The average Bonchev–Trinajstić information content (AvgIpc) is 2.28. The van der Waals surface area contributed by atoms with Crippen LogP contribution in [0.25, 0.3) is 0 Å². The largest absolute Gasteiger partial charge is 0.475 e. The molecule has 90 valence electrons. The van der Waals surface area contributed by atoms with Crippen LogP contribution >= 0.6 is 0 Å². The molecule has 0 fully saturated rings. The Balaban J connectivity index is 2.23. The Bertz CT molecular complexity index is 320. The fourth-order valence-electron chi connectivity index (χ4n) is 1.34. The highest BCUT2D eigenvalue weighted by molar-refractivity contribution is 5.22. The molecule has 0 radical (unpaired) electrons. The van der Waals surface area contributed by atoms with Crippen LogP contribution in [-0.2, 0) is 0 Å². The Kier molecular flexibility index (Phi) is 5.53. The molecule has 0 bridgehead atoms. The van der Waals surface area contributed by atoms with Gasteiger partial charge in [0, 0.05) is 0 Å². The van der Waals surface area contributed by atoms with E-state index in [9.17, 15) is 4.39 Å². The minimum absolute atomic E-state index is 0.0300. The van der Waals surface area contributed by atoms with Gasteiger partial charge in [-0.25, -0.2) is 4.98 Å². The van der Waals surface area contributed by atoms with Crippen LogP contribution in [0, 0.1) is 5.82 Å². The van der Waals surface area contributed by atoms with Crippen LogP contribution in [0.2, 0.25) is 0 Å². The molecule has 1 aromatic rings. The summed E-state index contributed by atoms with van der Waals surface area (Å²) in [4.78, 5) is 7.20. The van der Waals surface area contributed by atoms with Gasteiger partial charge in [-0.1, -0.05) is 32.6 Å². The smallest absolute Gasteiger partial charge is 0.255 e. The normalized spacial score (nSPS) is 10.4. The number of hydrogen-bond donors (Lipinski definition) is 1. The Hall–Kier alpha value is -1.39. The van der Waals surface area contributed by atoms with Crippen molar-refractivity contribution in [2.75, 3.05) is 12.3 Å². The monoisotopic (exact) mass is 227 g/mol. The average molecular weight is 227 g/mol. The van der Waals surface area contributed by atoms with E-state index in [-0.39, 0.29) is 11.8 Å². The number of ether oxygens (including phenoxy) is 1. The highest BCUT2D eigenvalue weighted by Gasteiger charge is 2.05. The van der Waals surface area contributed by atoms with Gasteiger partial charge in [-0.15, -0.1) is 0 Å². The first-order valence-corrected chi connectivity index (χ1v) is 5.65. The van der Waals surface area contributed by atoms with Crippen LogP contribution < -0.4 is 10.5 Å². The van der Waals surface area contributed by atoms with Crippen molar-refractivity contribution in [1.29, 1.82) is 0 Å². The summed E-state index contributed by atoms with van der Waals surface area (Å²) in [6, 6.07) is 0. The van der Waals surface area contributed by atoms with Crippen LogP contribution in [0.1, 0.15) is 39.0 Å². The van der Waals surface area contributed by atoms with Gasteiger partial charge in [0.2, 0.25) is 11.8 Å². The predicted molar refractivity (Wildman–Crippen MR) is 60.7 cm³/mol. The number of halogens is 1. The number of rotatable bonds is 7. The van der Waals surface area contributed by atoms with Gasteiger partial charge >= 0.3 is 0 Å². The summed E-state index contributed by atoms with van der Waals surface area (Å²) in [5.74, 6) is -0.590. The molecule has 0 amide bonds. The fraction of sp³-hybridized carbons (Fsp3) is 0.636. The van der Waals surface area contributed by atoms with E-state index in [4.69, 9.17) is 10.5 Å². The summed E-state index contributed by atoms with van der Waals surface area (Å²) < 4.78 is 18.3. The van der Waals surface area contributed by atoms with Crippen molar-refractivity contribution in [3.8, 4) is 5.88 Å². The summed E-state index contributed by atoms with van der Waals surface area (Å²) in [5.41, 5.74) is 5.33. The fourth-order valence-corrected chi connectivity index (χ4v) is 1.34. The van der Waals surface area contributed by atoms with E-state index < -0.39 is 5.82 Å². The number of nitrogens with two attached hydrogens (primary N) is 1. The molecule has 0 unspecified atom stereocenters. The summed E-state index contributed by atoms with van der Waals surface area (Å²) in [6.07, 6.45) is 6.65. The quantitative estimate of drug-likeness (QED) is 0.727. The lowest BCUT2D eigenvalue weighted by molar-refractivity contribution is 0.277. The van der Waals surface area contributed by atoms with E-state index in [1.807, 2.05) is 0 Å². The van der Waals surface area contributed by atoms with Gasteiger partial charge < -0.3 is 10.5 Å². The lowest BCUT2D eigenvalue weighted by atomic mass is 10.2.